The van der Waals surface area contributed by atoms with Crippen LogP contribution in [0.1, 0.15) is 55.0 Å². The lowest BCUT2D eigenvalue weighted by molar-refractivity contribution is -0.911. The number of benzene rings is 1. The molecule has 3 aromatic rings. The fraction of sp³-hybridized carbons (Fsp3) is 0.452. The van der Waals surface area contributed by atoms with Gasteiger partial charge in [0, 0.05) is 36.0 Å². The average Bonchev–Trinajstić information content (AvgIpc) is 3.88. The summed E-state index contributed by atoms with van der Waals surface area (Å²) in [6, 6.07) is 4.22. The Labute approximate surface area is 299 Å². The van der Waals surface area contributed by atoms with Gasteiger partial charge in [0.05, 0.1) is 48.7 Å². The molecular weight excluding hydrogens is 705 g/mol. The number of aliphatic carboxylic acids is 1. The van der Waals surface area contributed by atoms with Crippen LogP contribution in [-0.2, 0) is 19.2 Å². The Morgan fingerprint density at radius 2 is 2.00 bits per heavy atom. The first-order chi connectivity index (χ1) is 24.3. The highest BCUT2D eigenvalue weighted by atomic mass is 32.2. The smallest absolute Gasteiger partial charge is 0.350 e. The topological polar surface area (TPSA) is 259 Å². The number of carboxylic acid groups (broad SMARTS) is 1. The third-order valence-corrected chi connectivity index (χ3v) is 11.3. The Bertz CT molecular complexity index is 1900. The Kier molecular flexibility index (Phi) is 10.0. The van der Waals surface area contributed by atoms with Crippen LogP contribution < -0.4 is 11.1 Å². The number of ketones is 1. The summed E-state index contributed by atoms with van der Waals surface area (Å²) in [6.07, 6.45) is 1.73. The number of aromatic hydroxyl groups is 2. The Hall–Kier alpha value is -5.08. The Balaban J connectivity index is 1.20. The summed E-state index contributed by atoms with van der Waals surface area (Å²) in [5, 5.41) is 52.0. The number of nitrogen functional groups attached to an aromatic ring is 1. The molecule has 3 aliphatic rings. The minimum absolute atomic E-state index is 0.0186. The quantitative estimate of drug-likeness (QED) is 0.0446. The van der Waals surface area contributed by atoms with Crippen molar-refractivity contribution in [3.8, 4) is 11.5 Å². The number of amides is 2. The maximum atomic E-state index is 13.9. The number of carboxylic acids is 1. The number of aromatic nitrogens is 5. The lowest BCUT2D eigenvalue weighted by Gasteiger charge is -2.50. The highest BCUT2D eigenvalue weighted by Crippen LogP contribution is 2.48. The summed E-state index contributed by atoms with van der Waals surface area (Å²) >= 11 is 2.59. The number of rotatable bonds is 14. The first-order valence-electron chi connectivity index (χ1n) is 16.1. The van der Waals surface area contributed by atoms with E-state index >= 15 is 0 Å². The summed E-state index contributed by atoms with van der Waals surface area (Å²) in [5.74, 6) is -3.46. The van der Waals surface area contributed by atoms with E-state index in [0.717, 1.165) is 42.8 Å². The fourth-order valence-corrected chi connectivity index (χ4v) is 8.38. The second kappa shape index (κ2) is 14.3. The van der Waals surface area contributed by atoms with Gasteiger partial charge in [0.25, 0.3) is 5.91 Å². The van der Waals surface area contributed by atoms with Crippen LogP contribution in [0.4, 0.5) is 5.13 Å². The maximum absolute atomic E-state index is 13.9. The minimum atomic E-state index is -1.73. The molecule has 0 radical (unpaired) electrons. The predicted octanol–water partition coefficient (Wildman–Crippen LogP) is 1.18. The van der Waals surface area contributed by atoms with E-state index in [4.69, 9.17) is 10.6 Å². The van der Waals surface area contributed by atoms with Crippen LogP contribution >= 0.6 is 23.1 Å². The molecule has 0 spiro atoms. The number of H-pyrrole nitrogens is 1. The zero-order chi connectivity index (χ0) is 36.5. The highest BCUT2D eigenvalue weighted by Gasteiger charge is 2.54. The van der Waals surface area contributed by atoms with Crippen LogP contribution in [0.25, 0.3) is 5.70 Å². The molecule has 2 fully saturated rings. The number of hydrogen-bond acceptors (Lipinski definition) is 15. The van der Waals surface area contributed by atoms with E-state index in [2.05, 4.69) is 36.1 Å². The van der Waals surface area contributed by atoms with E-state index < -0.39 is 40.3 Å². The minimum Gasteiger partial charge on any atom is -0.504 e. The third kappa shape index (κ3) is 7.24. The number of nitrogens with one attached hydrogen (secondary N) is 2. The molecule has 18 nitrogen and oxygen atoms in total. The van der Waals surface area contributed by atoms with Crippen molar-refractivity contribution >= 4 is 63.2 Å². The molecule has 0 aliphatic carbocycles. The molecule has 2 atom stereocenters. The van der Waals surface area contributed by atoms with Gasteiger partial charge in [-0.2, -0.15) is 5.21 Å². The lowest BCUT2D eigenvalue weighted by Crippen LogP contribution is -2.61. The predicted molar refractivity (Wildman–Crippen MR) is 184 cm³/mol. The molecule has 2 aromatic heterocycles. The van der Waals surface area contributed by atoms with Crippen LogP contribution in [0.3, 0.4) is 0 Å². The normalized spacial score (nSPS) is 20.2. The highest BCUT2D eigenvalue weighted by molar-refractivity contribution is 8.00. The first kappa shape index (κ1) is 35.7. The number of para-hydroxylation sites is 1. The van der Waals surface area contributed by atoms with Gasteiger partial charge in [-0.1, -0.05) is 11.2 Å². The van der Waals surface area contributed by atoms with Crippen molar-refractivity contribution in [2.45, 2.75) is 44.1 Å². The molecule has 1 aromatic carbocycles. The molecule has 7 N–H and O–H groups in total. The van der Waals surface area contributed by atoms with Gasteiger partial charge in [-0.05, 0) is 31.2 Å². The first-order valence-corrected chi connectivity index (χ1v) is 18.0. The number of thioether (sulfide) groups is 1. The van der Waals surface area contributed by atoms with E-state index in [-0.39, 0.29) is 46.0 Å². The van der Waals surface area contributed by atoms with Gasteiger partial charge < -0.3 is 35.7 Å². The molecule has 5 heterocycles. The molecule has 270 valence electrons. The molecule has 0 unspecified atom stereocenters. The van der Waals surface area contributed by atoms with E-state index in [1.165, 1.54) is 49.2 Å². The number of phenols is 2. The number of hydrogen-bond donors (Lipinski definition) is 6. The summed E-state index contributed by atoms with van der Waals surface area (Å²) in [7, 11) is 0. The second-order valence-corrected chi connectivity index (χ2v) is 15.1. The number of phenolic OH excluding ortho intramolecular Hbond substituents is 2. The molecule has 2 amide bonds. The van der Waals surface area contributed by atoms with Crippen LogP contribution in [0.5, 0.6) is 11.5 Å². The number of Topliss-reactive ketones (excluding diaryl/α,β-unsaturated/α-hetero) is 1. The molecule has 6 rings (SSSR count). The van der Waals surface area contributed by atoms with Gasteiger partial charge in [0.2, 0.25) is 17.3 Å². The molecular formula is C31H37N10O8S2+. The fourth-order valence-electron chi connectivity index (χ4n) is 6.43. The van der Waals surface area contributed by atoms with Gasteiger partial charge in [-0.25, -0.2) is 9.78 Å². The number of β-lactam (4-membered cyclic amide) rings is 1. The van der Waals surface area contributed by atoms with Crippen LogP contribution in [0.2, 0.25) is 0 Å². The molecule has 51 heavy (non-hydrogen) atoms. The summed E-state index contributed by atoms with van der Waals surface area (Å²) in [6.45, 7) is 5.72. The summed E-state index contributed by atoms with van der Waals surface area (Å²) in [5.41, 5.74) is 5.39. The molecule has 3 aliphatic heterocycles. The van der Waals surface area contributed by atoms with Crippen molar-refractivity contribution < 1.29 is 43.8 Å². The maximum Gasteiger partial charge on any atom is 0.350 e. The van der Waals surface area contributed by atoms with E-state index in [1.807, 2.05) is 0 Å². The largest absolute Gasteiger partial charge is 0.504 e. The standard InChI is InChI=1S/C31H36N10O8S2/c1-31(2,29(47)48)49-37-22(19-15-51-30(32)34-19)21(43)12-18-27(46)40-23(25-35-38-39-36-25)16(14-50-28(18)40)13-41(9-3-4-10-41)11-8-33-26(45)17-6-5-7-20(42)24(17)44/h5-7,15,18,28H,3-4,8-14H2,1-2H3,(H6-,32,33,34,35,36,37,38,39,42,43,44,45,47,48)/p+1/t18-,28-/m1/s1. The zero-order valence-electron chi connectivity index (χ0n) is 27.7. The molecule has 0 bridgehead atoms. The number of quaternary nitrogens is 1. The monoisotopic (exact) mass is 741 g/mol. The van der Waals surface area contributed by atoms with Gasteiger partial charge >= 0.3 is 5.97 Å². The Morgan fingerprint density at radius 3 is 2.67 bits per heavy atom. The van der Waals surface area contributed by atoms with Crippen LogP contribution in [-0.4, -0.2) is 129 Å². The van der Waals surface area contributed by atoms with Gasteiger partial charge in [0.15, 0.2) is 28.1 Å². The number of carbonyl (C=O) groups is 4. The van der Waals surface area contributed by atoms with Gasteiger partial charge in [0.1, 0.15) is 12.2 Å². The number of nitrogens with two attached hydrogens (primary N) is 1. The average molecular weight is 742 g/mol. The van der Waals surface area contributed by atoms with Crippen LogP contribution in [0, 0.1) is 5.92 Å². The number of likely N-dealkylation sites (tertiary alicyclic amines) is 1. The van der Waals surface area contributed by atoms with Crippen LogP contribution in [0.15, 0.2) is 34.3 Å². The summed E-state index contributed by atoms with van der Waals surface area (Å²) in [4.78, 5) is 62.9. The van der Waals surface area contributed by atoms with Crippen molar-refractivity contribution in [2.75, 3.05) is 44.2 Å². The van der Waals surface area contributed by atoms with Crippen molar-refractivity contribution in [3.63, 3.8) is 0 Å². The molecule has 0 saturated carbocycles. The van der Waals surface area contributed by atoms with E-state index in [0.29, 0.717) is 35.6 Å². The number of nitrogens with zero attached hydrogens (tertiary/aromatic N) is 7. The molecule has 2 saturated heterocycles. The Morgan fingerprint density at radius 1 is 1.24 bits per heavy atom. The number of aromatic amines is 1. The number of fused-ring (bicyclic) bond motifs is 1. The number of thiazole rings is 1. The zero-order valence-corrected chi connectivity index (χ0v) is 29.4. The number of anilines is 1. The summed E-state index contributed by atoms with van der Waals surface area (Å²) < 4.78 is 0.640. The number of carbonyl (C=O) groups excluding carboxylic acids is 3. The van der Waals surface area contributed by atoms with Crippen molar-refractivity contribution in [1.82, 2.24) is 35.8 Å². The second-order valence-electron chi connectivity index (χ2n) is 13.1. The van der Waals surface area contributed by atoms with E-state index in [1.54, 1.807) is 4.90 Å². The van der Waals surface area contributed by atoms with Crippen molar-refractivity contribution in [1.29, 1.82) is 0 Å². The van der Waals surface area contributed by atoms with Crippen molar-refractivity contribution in [2.24, 2.45) is 11.1 Å². The number of oxime groups is 1. The SMILES string of the molecule is CC(C)(O/N=C(\C(=O)C[C@@H]1C(=O)N2C(c3nn[nH]n3)=C(C[N+]3(CCNC(=O)c4cccc(O)c4O)CCCC3)CS[C@H]12)c1csc(N)n1)C(=O)O. The third-order valence-electron chi connectivity index (χ3n) is 9.20. The number of tetrazole rings is 1. The van der Waals surface area contributed by atoms with Crippen molar-refractivity contribution in [3.05, 3.63) is 46.2 Å². The van der Waals surface area contributed by atoms with Gasteiger partial charge in [-0.15, -0.1) is 33.3 Å². The molecule has 20 heteroatoms. The lowest BCUT2D eigenvalue weighted by atomic mass is 9.89. The van der Waals surface area contributed by atoms with Gasteiger partial charge in [-0.3, -0.25) is 19.3 Å². The van der Waals surface area contributed by atoms with E-state index in [9.17, 15) is 34.5 Å².